The van der Waals surface area contributed by atoms with E-state index in [1.54, 1.807) is 31.2 Å². The molecule has 0 spiro atoms. The Kier molecular flexibility index (Phi) is 3.97. The zero-order valence-electron chi connectivity index (χ0n) is 10.1. The minimum Gasteiger partial charge on any atom is -0.483 e. The van der Waals surface area contributed by atoms with Crippen molar-refractivity contribution in [3.8, 4) is 17.2 Å². The number of carbonyl (C=O) groups is 1. The number of hydrogen-bond acceptors (Lipinski definition) is 3. The number of hydrogen-bond donors (Lipinski definition) is 0. The van der Waals surface area contributed by atoms with Gasteiger partial charge in [-0.05, 0) is 43.3 Å². The molecule has 0 radical (unpaired) electrons. The molecule has 0 heterocycles. The van der Waals surface area contributed by atoms with Crippen LogP contribution in [0, 0.1) is 0 Å². The van der Waals surface area contributed by atoms with Gasteiger partial charge in [0.15, 0.2) is 12.4 Å². The Morgan fingerprint density at radius 3 is 2.06 bits per heavy atom. The zero-order valence-corrected chi connectivity index (χ0v) is 10.1. The molecule has 92 valence electrons. The molecule has 0 bridgehead atoms. The summed E-state index contributed by atoms with van der Waals surface area (Å²) in [6, 6.07) is 16.7. The van der Waals surface area contributed by atoms with Crippen LogP contribution in [0.1, 0.15) is 6.92 Å². The van der Waals surface area contributed by atoms with Crippen molar-refractivity contribution in [2.45, 2.75) is 13.0 Å². The molecule has 0 aliphatic rings. The first-order valence-electron chi connectivity index (χ1n) is 5.73. The van der Waals surface area contributed by atoms with Gasteiger partial charge in [-0.1, -0.05) is 18.2 Å². The van der Waals surface area contributed by atoms with Gasteiger partial charge in [-0.3, -0.25) is 4.79 Å². The zero-order chi connectivity index (χ0) is 12.8. The summed E-state index contributed by atoms with van der Waals surface area (Å²) >= 11 is 0. The minimum absolute atomic E-state index is 0.439. The number of rotatable bonds is 5. The molecule has 0 unspecified atom stereocenters. The SMILES string of the molecule is C[C@H](C=O)Oc1ccc(Oc2ccccc2)cc1. The van der Waals surface area contributed by atoms with Crippen LogP contribution in [0.15, 0.2) is 54.6 Å². The molecule has 0 aliphatic carbocycles. The number of carbonyl (C=O) groups excluding carboxylic acids is 1. The molecule has 3 nitrogen and oxygen atoms in total. The van der Waals surface area contributed by atoms with E-state index in [1.807, 2.05) is 30.3 Å². The third-order valence-electron chi connectivity index (χ3n) is 2.32. The predicted octanol–water partition coefficient (Wildman–Crippen LogP) is 3.45. The molecule has 18 heavy (non-hydrogen) atoms. The van der Waals surface area contributed by atoms with E-state index in [4.69, 9.17) is 9.47 Å². The van der Waals surface area contributed by atoms with Crippen molar-refractivity contribution in [2.75, 3.05) is 0 Å². The van der Waals surface area contributed by atoms with Gasteiger partial charge in [-0.25, -0.2) is 0 Å². The van der Waals surface area contributed by atoms with Gasteiger partial charge >= 0.3 is 0 Å². The van der Waals surface area contributed by atoms with Crippen molar-refractivity contribution in [3.63, 3.8) is 0 Å². The molecule has 0 fully saturated rings. The van der Waals surface area contributed by atoms with Crippen LogP contribution in [0.5, 0.6) is 17.2 Å². The van der Waals surface area contributed by atoms with Crippen molar-refractivity contribution >= 4 is 6.29 Å². The van der Waals surface area contributed by atoms with Crippen LogP contribution in [0.4, 0.5) is 0 Å². The Labute approximate surface area is 106 Å². The van der Waals surface area contributed by atoms with Gasteiger partial charge in [0.05, 0.1) is 0 Å². The highest BCUT2D eigenvalue weighted by atomic mass is 16.5. The van der Waals surface area contributed by atoms with Gasteiger partial charge in [0.25, 0.3) is 0 Å². The summed E-state index contributed by atoms with van der Waals surface area (Å²) in [5, 5.41) is 0. The lowest BCUT2D eigenvalue weighted by atomic mass is 10.3. The van der Waals surface area contributed by atoms with Crippen LogP contribution < -0.4 is 9.47 Å². The van der Waals surface area contributed by atoms with E-state index >= 15 is 0 Å². The summed E-state index contributed by atoms with van der Waals surface area (Å²) in [6.45, 7) is 1.70. The Hall–Kier alpha value is -2.29. The van der Waals surface area contributed by atoms with Gasteiger partial charge in [0.1, 0.15) is 17.2 Å². The van der Waals surface area contributed by atoms with E-state index in [0.717, 1.165) is 17.8 Å². The molecule has 0 saturated heterocycles. The molecule has 0 saturated carbocycles. The molecule has 2 aromatic rings. The summed E-state index contributed by atoms with van der Waals surface area (Å²) < 4.78 is 11.0. The largest absolute Gasteiger partial charge is 0.483 e. The Balaban J connectivity index is 2.02. The van der Waals surface area contributed by atoms with Crippen LogP contribution in [0.3, 0.4) is 0 Å². The second-order valence-electron chi connectivity index (χ2n) is 3.85. The molecule has 2 rings (SSSR count). The third-order valence-corrected chi connectivity index (χ3v) is 2.32. The van der Waals surface area contributed by atoms with E-state index in [1.165, 1.54) is 0 Å². The summed E-state index contributed by atoms with van der Waals surface area (Å²) in [5.74, 6) is 2.16. The lowest BCUT2D eigenvalue weighted by molar-refractivity contribution is -0.113. The van der Waals surface area contributed by atoms with Crippen molar-refractivity contribution < 1.29 is 14.3 Å². The molecule has 0 aliphatic heterocycles. The van der Waals surface area contributed by atoms with Crippen LogP contribution in [-0.2, 0) is 4.79 Å². The summed E-state index contributed by atoms with van der Waals surface area (Å²) in [7, 11) is 0. The van der Waals surface area contributed by atoms with Crippen LogP contribution in [-0.4, -0.2) is 12.4 Å². The fourth-order valence-corrected chi connectivity index (χ4v) is 1.45. The molecule has 3 heteroatoms. The number of benzene rings is 2. The quantitative estimate of drug-likeness (QED) is 0.753. The number of ether oxygens (including phenoxy) is 2. The molecular formula is C15H14O3. The number of para-hydroxylation sites is 1. The van der Waals surface area contributed by atoms with Crippen molar-refractivity contribution in [2.24, 2.45) is 0 Å². The first-order valence-corrected chi connectivity index (χ1v) is 5.73. The van der Waals surface area contributed by atoms with Crippen LogP contribution in [0.25, 0.3) is 0 Å². The molecule has 0 amide bonds. The van der Waals surface area contributed by atoms with Gasteiger partial charge in [-0.15, -0.1) is 0 Å². The van der Waals surface area contributed by atoms with E-state index in [0.29, 0.717) is 5.75 Å². The maximum atomic E-state index is 10.5. The lowest BCUT2D eigenvalue weighted by Crippen LogP contribution is -2.12. The smallest absolute Gasteiger partial charge is 0.160 e. The van der Waals surface area contributed by atoms with Crippen LogP contribution in [0.2, 0.25) is 0 Å². The van der Waals surface area contributed by atoms with Crippen molar-refractivity contribution in [1.29, 1.82) is 0 Å². The van der Waals surface area contributed by atoms with Gasteiger partial charge < -0.3 is 9.47 Å². The molecule has 0 aromatic heterocycles. The fourth-order valence-electron chi connectivity index (χ4n) is 1.45. The lowest BCUT2D eigenvalue weighted by Gasteiger charge is -2.09. The second-order valence-corrected chi connectivity index (χ2v) is 3.85. The maximum absolute atomic E-state index is 10.5. The second kappa shape index (κ2) is 5.87. The van der Waals surface area contributed by atoms with E-state index in [2.05, 4.69) is 0 Å². The number of aldehydes is 1. The monoisotopic (exact) mass is 242 g/mol. The Morgan fingerprint density at radius 2 is 1.44 bits per heavy atom. The molecule has 0 N–H and O–H groups in total. The van der Waals surface area contributed by atoms with Gasteiger partial charge in [-0.2, -0.15) is 0 Å². The van der Waals surface area contributed by atoms with Crippen LogP contribution >= 0.6 is 0 Å². The van der Waals surface area contributed by atoms with E-state index in [-0.39, 0.29) is 0 Å². The summed E-state index contributed by atoms with van der Waals surface area (Å²) in [4.78, 5) is 10.5. The summed E-state index contributed by atoms with van der Waals surface area (Å²) in [5.41, 5.74) is 0. The molecule has 2 aromatic carbocycles. The fraction of sp³-hybridized carbons (Fsp3) is 0.133. The Morgan fingerprint density at radius 1 is 0.889 bits per heavy atom. The minimum atomic E-state index is -0.439. The Bertz CT molecular complexity index is 491. The average Bonchev–Trinajstić information content (AvgIpc) is 2.42. The highest BCUT2D eigenvalue weighted by molar-refractivity contribution is 5.56. The first-order chi connectivity index (χ1) is 8.78. The van der Waals surface area contributed by atoms with Gasteiger partial charge in [0, 0.05) is 0 Å². The normalized spacial score (nSPS) is 11.6. The highest BCUT2D eigenvalue weighted by Crippen LogP contribution is 2.23. The summed E-state index contributed by atoms with van der Waals surface area (Å²) in [6.07, 6.45) is 0.319. The topological polar surface area (TPSA) is 35.5 Å². The van der Waals surface area contributed by atoms with Crippen molar-refractivity contribution in [1.82, 2.24) is 0 Å². The average molecular weight is 242 g/mol. The molecule has 1 atom stereocenters. The van der Waals surface area contributed by atoms with Gasteiger partial charge in [0.2, 0.25) is 0 Å². The molecular weight excluding hydrogens is 228 g/mol. The van der Waals surface area contributed by atoms with Crippen molar-refractivity contribution in [3.05, 3.63) is 54.6 Å². The van der Waals surface area contributed by atoms with E-state index in [9.17, 15) is 4.79 Å². The van der Waals surface area contributed by atoms with E-state index < -0.39 is 6.10 Å². The standard InChI is InChI=1S/C15H14O3/c1-12(11-16)17-14-7-9-15(10-8-14)18-13-5-3-2-4-6-13/h2-12H,1H3/t12-/m1/s1. The highest BCUT2D eigenvalue weighted by Gasteiger charge is 2.02. The third kappa shape index (κ3) is 3.35. The maximum Gasteiger partial charge on any atom is 0.160 e. The predicted molar refractivity (Wildman–Crippen MR) is 69.1 cm³/mol. The first kappa shape index (κ1) is 12.2.